The van der Waals surface area contributed by atoms with Gasteiger partial charge in [-0.1, -0.05) is 24.7 Å². The zero-order valence-electron chi connectivity index (χ0n) is 11.0. The molecule has 0 aliphatic carbocycles. The second kappa shape index (κ2) is 7.08. The predicted molar refractivity (Wildman–Crippen MR) is 72.4 cm³/mol. The Morgan fingerprint density at radius 3 is 2.68 bits per heavy atom. The molecule has 0 bridgehead atoms. The minimum Gasteiger partial charge on any atom is -0.481 e. The summed E-state index contributed by atoms with van der Waals surface area (Å²) in [4.78, 5) is 33.9. The molecule has 7 heteroatoms. The van der Waals surface area contributed by atoms with Crippen LogP contribution in [0.25, 0.3) is 0 Å². The van der Waals surface area contributed by atoms with E-state index in [0.29, 0.717) is 6.42 Å². The van der Waals surface area contributed by atoms with Crippen LogP contribution < -0.4 is 10.2 Å². The molecule has 1 aromatic heterocycles. The molecule has 19 heavy (non-hydrogen) atoms. The molecule has 0 aliphatic rings. The van der Waals surface area contributed by atoms with Crippen molar-refractivity contribution in [2.75, 3.05) is 6.54 Å². The van der Waals surface area contributed by atoms with Gasteiger partial charge in [-0.25, -0.2) is 0 Å². The molecule has 6 nitrogen and oxygen atoms in total. The van der Waals surface area contributed by atoms with E-state index in [1.807, 2.05) is 6.92 Å². The molecule has 0 aliphatic heterocycles. The minimum absolute atomic E-state index is 0.0629. The second-order valence-electron chi connectivity index (χ2n) is 4.36. The van der Waals surface area contributed by atoms with Gasteiger partial charge in [0.2, 0.25) is 5.91 Å². The largest absolute Gasteiger partial charge is 0.481 e. The average molecular weight is 286 g/mol. The van der Waals surface area contributed by atoms with Crippen LogP contribution in [0.1, 0.15) is 25.5 Å². The molecular weight excluding hydrogens is 268 g/mol. The first kappa shape index (κ1) is 15.4. The maximum Gasteiger partial charge on any atom is 0.308 e. The molecular formula is C12H18N2O4S. The average Bonchev–Trinajstić information content (AvgIpc) is 2.66. The van der Waals surface area contributed by atoms with E-state index < -0.39 is 11.9 Å². The molecule has 0 saturated heterocycles. The van der Waals surface area contributed by atoms with Gasteiger partial charge < -0.3 is 10.4 Å². The Bertz CT molecular complexity index is 506. The number of aromatic nitrogens is 1. The number of amides is 1. The molecule has 1 rings (SSSR count). The highest BCUT2D eigenvalue weighted by atomic mass is 32.1. The van der Waals surface area contributed by atoms with Crippen molar-refractivity contribution in [3.63, 3.8) is 0 Å². The van der Waals surface area contributed by atoms with Gasteiger partial charge in [0.05, 0.1) is 5.92 Å². The van der Waals surface area contributed by atoms with Crippen LogP contribution in [0, 0.1) is 12.8 Å². The summed E-state index contributed by atoms with van der Waals surface area (Å²) >= 11 is 1.04. The molecule has 0 spiro atoms. The lowest BCUT2D eigenvalue weighted by molar-refractivity contribution is -0.141. The van der Waals surface area contributed by atoms with Crippen molar-refractivity contribution in [3.8, 4) is 0 Å². The van der Waals surface area contributed by atoms with E-state index >= 15 is 0 Å². The van der Waals surface area contributed by atoms with Gasteiger partial charge in [-0.05, 0) is 13.3 Å². The number of rotatable bonds is 7. The van der Waals surface area contributed by atoms with Crippen molar-refractivity contribution < 1.29 is 14.7 Å². The summed E-state index contributed by atoms with van der Waals surface area (Å²) < 4.78 is 1.37. The molecule has 0 saturated carbocycles. The molecule has 1 unspecified atom stereocenters. The normalized spacial score (nSPS) is 12.1. The highest BCUT2D eigenvalue weighted by Crippen LogP contribution is 2.05. The number of carbonyl (C=O) groups is 2. The van der Waals surface area contributed by atoms with Gasteiger partial charge in [-0.2, -0.15) is 0 Å². The summed E-state index contributed by atoms with van der Waals surface area (Å²) in [6.45, 7) is 3.68. The third kappa shape index (κ3) is 4.51. The number of thiazole rings is 1. The fourth-order valence-corrected chi connectivity index (χ4v) is 2.43. The molecule has 1 heterocycles. The van der Waals surface area contributed by atoms with Crippen LogP contribution in [0.5, 0.6) is 0 Å². The predicted octanol–water partition coefficient (Wildman–Crippen LogP) is 0.835. The first-order chi connectivity index (χ1) is 8.95. The summed E-state index contributed by atoms with van der Waals surface area (Å²) in [6.07, 6.45) is 1.27. The lowest BCUT2D eigenvalue weighted by Crippen LogP contribution is -2.36. The summed E-state index contributed by atoms with van der Waals surface area (Å²) in [6, 6.07) is 0. The quantitative estimate of drug-likeness (QED) is 0.777. The summed E-state index contributed by atoms with van der Waals surface area (Å²) in [5.74, 6) is -1.83. The van der Waals surface area contributed by atoms with Gasteiger partial charge in [-0.15, -0.1) is 0 Å². The number of carbonyl (C=O) groups excluding carboxylic acids is 1. The van der Waals surface area contributed by atoms with E-state index in [9.17, 15) is 14.4 Å². The number of aryl methyl sites for hydroxylation is 1. The van der Waals surface area contributed by atoms with Crippen LogP contribution in [0.15, 0.2) is 10.2 Å². The topological polar surface area (TPSA) is 88.4 Å². The summed E-state index contributed by atoms with van der Waals surface area (Å²) in [7, 11) is 0. The lowest BCUT2D eigenvalue weighted by Gasteiger charge is -2.12. The van der Waals surface area contributed by atoms with Gasteiger partial charge >= 0.3 is 10.8 Å². The first-order valence-corrected chi connectivity index (χ1v) is 6.98. The number of hydrogen-bond donors (Lipinski definition) is 2. The summed E-state index contributed by atoms with van der Waals surface area (Å²) in [5.41, 5.74) is 0.730. The number of aliphatic carboxylic acids is 1. The van der Waals surface area contributed by atoms with Crippen LogP contribution >= 0.6 is 11.3 Å². The molecule has 1 aromatic rings. The smallest absolute Gasteiger partial charge is 0.308 e. The van der Waals surface area contributed by atoms with Gasteiger partial charge in [0.25, 0.3) is 0 Å². The van der Waals surface area contributed by atoms with E-state index in [0.717, 1.165) is 23.5 Å². The Kier molecular flexibility index (Phi) is 5.75. The van der Waals surface area contributed by atoms with Crippen molar-refractivity contribution in [3.05, 3.63) is 20.7 Å². The van der Waals surface area contributed by atoms with Crippen molar-refractivity contribution in [2.45, 2.75) is 33.2 Å². The molecule has 0 radical (unpaired) electrons. The van der Waals surface area contributed by atoms with Crippen LogP contribution in [-0.4, -0.2) is 28.1 Å². The van der Waals surface area contributed by atoms with Crippen molar-refractivity contribution in [1.82, 2.24) is 9.88 Å². The highest BCUT2D eigenvalue weighted by Gasteiger charge is 2.17. The van der Waals surface area contributed by atoms with Crippen LogP contribution in [0.2, 0.25) is 0 Å². The third-order valence-corrected chi connectivity index (χ3v) is 3.69. The molecule has 0 aromatic carbocycles. The van der Waals surface area contributed by atoms with Crippen LogP contribution in [-0.2, 0) is 16.1 Å². The van der Waals surface area contributed by atoms with E-state index in [-0.39, 0.29) is 23.9 Å². The van der Waals surface area contributed by atoms with Crippen molar-refractivity contribution >= 4 is 23.2 Å². The SMILES string of the molecule is CCCC(CNC(=O)Cn1c(C)csc1=O)C(=O)O. The highest BCUT2D eigenvalue weighted by molar-refractivity contribution is 7.07. The number of carboxylic acid groups (broad SMARTS) is 1. The van der Waals surface area contributed by atoms with Crippen LogP contribution in [0.3, 0.4) is 0 Å². The zero-order chi connectivity index (χ0) is 14.4. The van der Waals surface area contributed by atoms with Gasteiger partial charge in [0.1, 0.15) is 6.54 Å². The molecule has 1 amide bonds. The van der Waals surface area contributed by atoms with E-state index in [2.05, 4.69) is 5.32 Å². The number of hydrogen-bond acceptors (Lipinski definition) is 4. The fraction of sp³-hybridized carbons (Fsp3) is 0.583. The van der Waals surface area contributed by atoms with Crippen molar-refractivity contribution in [2.24, 2.45) is 5.92 Å². The molecule has 0 fully saturated rings. The summed E-state index contributed by atoms with van der Waals surface area (Å²) in [5, 5.41) is 13.2. The lowest BCUT2D eigenvalue weighted by atomic mass is 10.0. The number of nitrogens with one attached hydrogen (secondary N) is 1. The third-order valence-electron chi connectivity index (χ3n) is 2.81. The number of nitrogens with zero attached hydrogens (tertiary/aromatic N) is 1. The molecule has 1 atom stereocenters. The van der Waals surface area contributed by atoms with Gasteiger partial charge in [-0.3, -0.25) is 19.0 Å². The van der Waals surface area contributed by atoms with E-state index in [1.165, 1.54) is 4.57 Å². The Morgan fingerprint density at radius 2 is 2.21 bits per heavy atom. The molecule has 2 N–H and O–H groups in total. The van der Waals surface area contributed by atoms with Crippen molar-refractivity contribution in [1.29, 1.82) is 0 Å². The Hall–Kier alpha value is -1.63. The number of carboxylic acids is 1. The Labute approximate surface area is 115 Å². The van der Waals surface area contributed by atoms with E-state index in [1.54, 1.807) is 12.3 Å². The maximum absolute atomic E-state index is 11.7. The van der Waals surface area contributed by atoms with E-state index in [4.69, 9.17) is 5.11 Å². The molecule has 106 valence electrons. The zero-order valence-corrected chi connectivity index (χ0v) is 11.8. The first-order valence-electron chi connectivity index (χ1n) is 6.10. The van der Waals surface area contributed by atoms with Gasteiger partial charge in [0.15, 0.2) is 0 Å². The monoisotopic (exact) mass is 286 g/mol. The Morgan fingerprint density at radius 1 is 1.53 bits per heavy atom. The Balaban J connectivity index is 2.52. The fourth-order valence-electron chi connectivity index (χ4n) is 1.69. The standard InChI is InChI=1S/C12H18N2O4S/c1-3-4-9(11(16)17)5-13-10(15)6-14-8(2)7-19-12(14)18/h7,9H,3-6H2,1-2H3,(H,13,15)(H,16,17). The maximum atomic E-state index is 11.7. The second-order valence-corrected chi connectivity index (χ2v) is 5.18. The van der Waals surface area contributed by atoms with Gasteiger partial charge in [0, 0.05) is 17.6 Å². The minimum atomic E-state index is -0.911. The van der Waals surface area contributed by atoms with Crippen LogP contribution in [0.4, 0.5) is 0 Å².